The maximum atomic E-state index is 13.5. The molecule has 2 aromatic rings. The van der Waals surface area contributed by atoms with Crippen LogP contribution in [0.1, 0.15) is 40.4 Å². The molecule has 3 heterocycles. The summed E-state index contributed by atoms with van der Waals surface area (Å²) in [4.78, 5) is 58.0. The molecular weight excluding hydrogens is 457 g/mol. The Balaban J connectivity index is 1.71. The number of aromatic hydroxyl groups is 1. The maximum absolute atomic E-state index is 13.5. The van der Waals surface area contributed by atoms with Gasteiger partial charge in [0.2, 0.25) is 5.75 Å². The summed E-state index contributed by atoms with van der Waals surface area (Å²) in [5, 5.41) is 10.3. The van der Waals surface area contributed by atoms with Crippen molar-refractivity contribution in [3.05, 3.63) is 56.5 Å². The van der Waals surface area contributed by atoms with Gasteiger partial charge in [0.05, 0.1) is 17.1 Å². The van der Waals surface area contributed by atoms with Gasteiger partial charge in [0.25, 0.3) is 5.91 Å². The van der Waals surface area contributed by atoms with Gasteiger partial charge in [-0.25, -0.2) is 4.39 Å². The molecule has 174 valence electrons. The highest BCUT2D eigenvalue weighted by Crippen LogP contribution is 2.42. The second kappa shape index (κ2) is 8.14. The van der Waals surface area contributed by atoms with Gasteiger partial charge < -0.3 is 24.4 Å². The predicted molar refractivity (Wildman–Crippen MR) is 114 cm³/mol. The molecule has 1 aromatic carbocycles. The van der Waals surface area contributed by atoms with Crippen LogP contribution in [-0.4, -0.2) is 74.8 Å². The quantitative estimate of drug-likeness (QED) is 0.657. The van der Waals surface area contributed by atoms with E-state index in [1.807, 2.05) is 0 Å². The van der Waals surface area contributed by atoms with Crippen molar-refractivity contribution in [2.75, 3.05) is 27.7 Å². The Morgan fingerprint density at radius 3 is 2.58 bits per heavy atom. The Labute approximate surface area is 192 Å². The van der Waals surface area contributed by atoms with Gasteiger partial charge in [0, 0.05) is 34.2 Å². The molecule has 2 aliphatic rings. The van der Waals surface area contributed by atoms with Crippen LogP contribution in [0.2, 0.25) is 5.02 Å². The summed E-state index contributed by atoms with van der Waals surface area (Å²) < 4.78 is 15.0. The third kappa shape index (κ3) is 3.71. The molecular formula is C21H21ClFN5O5. The summed E-state index contributed by atoms with van der Waals surface area (Å²) in [7, 11) is 4.33. The summed E-state index contributed by atoms with van der Waals surface area (Å²) >= 11 is 5.85. The second-order valence-corrected chi connectivity index (χ2v) is 8.70. The fraction of sp³-hybridized carbons (Fsp3) is 0.381. The molecule has 0 fully saturated rings. The normalized spacial score (nSPS) is 18.8. The number of carbonyl (C=O) groups is 3. The Morgan fingerprint density at radius 1 is 1.24 bits per heavy atom. The zero-order valence-corrected chi connectivity index (χ0v) is 18.8. The lowest BCUT2D eigenvalue weighted by Crippen LogP contribution is -2.43. The topological polar surface area (TPSA) is 116 Å². The standard InChI is InChI=1S/C21H21ClFN5O5/c1-25(2)20(32)21(33)26(3)14-7-11-9-27(8-10-4-5-13(23)12(22)6-10)19(31)15-16(29)18(30)24-17(14)28(11)15/h4-6,11,14,29H,7-9H2,1-3H3/t11-,14-/m0/s1. The summed E-state index contributed by atoms with van der Waals surface area (Å²) in [5.74, 6) is -3.37. The number of aromatic nitrogens is 2. The Hall–Kier alpha value is -3.47. The third-order valence-corrected chi connectivity index (χ3v) is 6.23. The average molecular weight is 478 g/mol. The molecule has 1 aromatic heterocycles. The lowest BCUT2D eigenvalue weighted by molar-refractivity contribution is -0.150. The van der Waals surface area contributed by atoms with Crippen molar-refractivity contribution in [1.82, 2.24) is 24.3 Å². The van der Waals surface area contributed by atoms with Crippen LogP contribution < -0.4 is 5.56 Å². The summed E-state index contributed by atoms with van der Waals surface area (Å²) in [5.41, 5.74) is -0.656. The molecule has 0 bridgehead atoms. The smallest absolute Gasteiger partial charge is 0.315 e. The Kier molecular flexibility index (Phi) is 5.61. The van der Waals surface area contributed by atoms with Crippen LogP contribution in [0.5, 0.6) is 5.75 Å². The van der Waals surface area contributed by atoms with Gasteiger partial charge in [-0.15, -0.1) is 0 Å². The third-order valence-electron chi connectivity index (χ3n) is 5.94. The van der Waals surface area contributed by atoms with E-state index >= 15 is 0 Å². The van der Waals surface area contributed by atoms with E-state index in [2.05, 4.69) is 4.98 Å². The number of nitrogens with zero attached hydrogens (tertiary/aromatic N) is 5. The summed E-state index contributed by atoms with van der Waals surface area (Å²) in [6.07, 6.45) is 0.278. The molecule has 1 N–H and O–H groups in total. The molecule has 12 heteroatoms. The van der Waals surface area contributed by atoms with Crippen molar-refractivity contribution in [3.63, 3.8) is 0 Å². The van der Waals surface area contributed by atoms with Crippen LogP contribution in [0.25, 0.3) is 0 Å². The van der Waals surface area contributed by atoms with E-state index in [1.54, 1.807) is 0 Å². The number of halogens is 2. The minimum Gasteiger partial charge on any atom is -0.501 e. The van der Waals surface area contributed by atoms with Crippen LogP contribution in [0.3, 0.4) is 0 Å². The Morgan fingerprint density at radius 2 is 1.94 bits per heavy atom. The van der Waals surface area contributed by atoms with Crippen molar-refractivity contribution in [2.24, 2.45) is 0 Å². The monoisotopic (exact) mass is 477 g/mol. The maximum Gasteiger partial charge on any atom is 0.315 e. The highest BCUT2D eigenvalue weighted by atomic mass is 35.5. The number of hydrogen-bond acceptors (Lipinski definition) is 6. The van der Waals surface area contributed by atoms with Crippen LogP contribution >= 0.6 is 11.6 Å². The van der Waals surface area contributed by atoms with Crippen molar-refractivity contribution in [2.45, 2.75) is 25.0 Å². The van der Waals surface area contributed by atoms with Gasteiger partial charge in [-0.05, 0) is 24.1 Å². The van der Waals surface area contributed by atoms with E-state index in [4.69, 9.17) is 11.6 Å². The van der Waals surface area contributed by atoms with E-state index in [9.17, 15) is 28.7 Å². The molecule has 10 nitrogen and oxygen atoms in total. The van der Waals surface area contributed by atoms with Crippen LogP contribution in [0.4, 0.5) is 4.39 Å². The number of likely N-dealkylation sites (N-methyl/N-ethyl adjacent to an activating group) is 2. The molecule has 0 spiro atoms. The molecule has 33 heavy (non-hydrogen) atoms. The first-order valence-electron chi connectivity index (χ1n) is 10.1. The van der Waals surface area contributed by atoms with E-state index in [0.717, 1.165) is 4.90 Å². The minimum absolute atomic E-state index is 0.0686. The number of rotatable bonds is 3. The SMILES string of the molecule is CN(C)C(=O)C(=O)N(C)[C@H]1C[C@H]2CN(Cc3ccc(F)c(Cl)c3)C(=O)c3c(O)c(=O)nc1n32. The van der Waals surface area contributed by atoms with Crippen molar-refractivity contribution in [1.29, 1.82) is 0 Å². The number of amides is 3. The van der Waals surface area contributed by atoms with Crippen LogP contribution in [-0.2, 0) is 16.1 Å². The Bertz CT molecular complexity index is 1250. The summed E-state index contributed by atoms with van der Waals surface area (Å²) in [6.45, 7) is 0.261. The molecule has 4 rings (SSSR count). The van der Waals surface area contributed by atoms with Gasteiger partial charge in [-0.2, -0.15) is 4.98 Å². The first kappa shape index (κ1) is 22.7. The highest BCUT2D eigenvalue weighted by Gasteiger charge is 2.45. The fourth-order valence-electron chi connectivity index (χ4n) is 4.27. The van der Waals surface area contributed by atoms with Crippen molar-refractivity contribution < 1.29 is 23.9 Å². The van der Waals surface area contributed by atoms with Crippen molar-refractivity contribution in [3.8, 4) is 5.75 Å². The van der Waals surface area contributed by atoms with E-state index in [-0.39, 0.29) is 36.1 Å². The zero-order chi connectivity index (χ0) is 24.2. The van der Waals surface area contributed by atoms with Crippen LogP contribution in [0, 0.1) is 5.82 Å². The molecule has 2 atom stereocenters. The largest absolute Gasteiger partial charge is 0.501 e. The van der Waals surface area contributed by atoms with Gasteiger partial charge in [0.1, 0.15) is 11.6 Å². The zero-order valence-electron chi connectivity index (χ0n) is 18.1. The van der Waals surface area contributed by atoms with Gasteiger partial charge in [-0.3, -0.25) is 19.2 Å². The predicted octanol–water partition coefficient (Wildman–Crippen LogP) is 0.930. The molecule has 0 aliphatic carbocycles. The van der Waals surface area contributed by atoms with Gasteiger partial charge >= 0.3 is 17.4 Å². The molecule has 2 aliphatic heterocycles. The highest BCUT2D eigenvalue weighted by molar-refractivity contribution is 6.34. The summed E-state index contributed by atoms with van der Waals surface area (Å²) in [6, 6.07) is 2.94. The van der Waals surface area contributed by atoms with E-state index in [1.165, 1.54) is 53.7 Å². The lowest BCUT2D eigenvalue weighted by Gasteiger charge is -2.33. The second-order valence-electron chi connectivity index (χ2n) is 8.30. The molecule has 0 saturated heterocycles. The average Bonchev–Trinajstić information content (AvgIpc) is 3.12. The molecule has 0 saturated carbocycles. The first-order chi connectivity index (χ1) is 15.5. The van der Waals surface area contributed by atoms with Gasteiger partial charge in [-0.1, -0.05) is 17.7 Å². The van der Waals surface area contributed by atoms with Crippen LogP contribution in [0.15, 0.2) is 23.0 Å². The van der Waals surface area contributed by atoms with E-state index < -0.39 is 46.9 Å². The number of benzene rings is 1. The molecule has 0 radical (unpaired) electrons. The molecule has 3 amide bonds. The molecule has 0 unspecified atom stereocenters. The van der Waals surface area contributed by atoms with Gasteiger partial charge in [0.15, 0.2) is 5.69 Å². The van der Waals surface area contributed by atoms with Crippen molar-refractivity contribution >= 4 is 29.3 Å². The number of carbonyl (C=O) groups excluding carboxylic acids is 3. The first-order valence-corrected chi connectivity index (χ1v) is 10.5. The van der Waals surface area contributed by atoms with E-state index in [0.29, 0.717) is 5.56 Å². The number of hydrogen-bond donors (Lipinski definition) is 1. The fourth-order valence-corrected chi connectivity index (χ4v) is 4.47. The lowest BCUT2D eigenvalue weighted by atomic mass is 10.1. The minimum atomic E-state index is -0.998.